The van der Waals surface area contributed by atoms with Crippen LogP contribution in [0, 0.1) is 0 Å². The van der Waals surface area contributed by atoms with Gasteiger partial charge in [-0.2, -0.15) is 0 Å². The van der Waals surface area contributed by atoms with Crippen LogP contribution in [0.2, 0.25) is 5.02 Å². The van der Waals surface area contributed by atoms with Crippen molar-refractivity contribution in [1.82, 2.24) is 0 Å². The molecular formula is C9H7BrCl2O. The van der Waals surface area contributed by atoms with E-state index in [9.17, 15) is 4.79 Å². The summed E-state index contributed by atoms with van der Waals surface area (Å²) < 4.78 is 0.954. The van der Waals surface area contributed by atoms with E-state index < -0.39 is 0 Å². The Morgan fingerprint density at radius 3 is 2.77 bits per heavy atom. The molecule has 1 aromatic carbocycles. The zero-order valence-corrected chi connectivity index (χ0v) is 9.79. The minimum atomic E-state index is -0.327. The monoisotopic (exact) mass is 280 g/mol. The number of benzene rings is 1. The van der Waals surface area contributed by atoms with Crippen molar-refractivity contribution in [3.63, 3.8) is 0 Å². The predicted octanol–water partition coefficient (Wildman–Crippen LogP) is 3.80. The fourth-order valence-corrected chi connectivity index (χ4v) is 1.70. The molecule has 0 spiro atoms. The molecule has 0 aromatic heterocycles. The Labute approximate surface area is 95.2 Å². The third-order valence-electron chi connectivity index (χ3n) is 1.60. The van der Waals surface area contributed by atoms with Gasteiger partial charge in [0.2, 0.25) is 5.24 Å². The summed E-state index contributed by atoms with van der Waals surface area (Å²) in [6, 6.07) is 5.47. The van der Waals surface area contributed by atoms with E-state index in [1.165, 1.54) is 0 Å². The summed E-state index contributed by atoms with van der Waals surface area (Å²) in [4.78, 5) is 10.5. The van der Waals surface area contributed by atoms with Crippen LogP contribution in [0.3, 0.4) is 0 Å². The average Bonchev–Trinajstić information content (AvgIpc) is 2.06. The average molecular weight is 282 g/mol. The van der Waals surface area contributed by atoms with E-state index in [0.29, 0.717) is 17.9 Å². The Morgan fingerprint density at radius 2 is 2.15 bits per heavy atom. The Kier molecular flexibility index (Phi) is 4.23. The van der Waals surface area contributed by atoms with E-state index >= 15 is 0 Å². The summed E-state index contributed by atoms with van der Waals surface area (Å²) in [6.45, 7) is 0. The van der Waals surface area contributed by atoms with Crippen molar-refractivity contribution in [2.45, 2.75) is 12.8 Å². The van der Waals surface area contributed by atoms with Gasteiger partial charge in [0.05, 0.1) is 0 Å². The summed E-state index contributed by atoms with van der Waals surface area (Å²) in [7, 11) is 0. The van der Waals surface area contributed by atoms with Crippen LogP contribution in [0.25, 0.3) is 0 Å². The molecule has 1 rings (SSSR count). The van der Waals surface area contributed by atoms with Crippen LogP contribution < -0.4 is 0 Å². The molecule has 0 radical (unpaired) electrons. The highest BCUT2D eigenvalue weighted by molar-refractivity contribution is 9.10. The number of hydrogen-bond acceptors (Lipinski definition) is 1. The molecule has 0 N–H and O–H groups in total. The van der Waals surface area contributed by atoms with E-state index in [0.717, 1.165) is 10.0 Å². The lowest BCUT2D eigenvalue weighted by molar-refractivity contribution is -0.111. The fourth-order valence-electron chi connectivity index (χ4n) is 0.968. The number of aryl methyl sites for hydroxylation is 1. The fraction of sp³-hybridized carbons (Fsp3) is 0.222. The number of hydrogen-bond donors (Lipinski definition) is 0. The SMILES string of the molecule is O=C(Cl)CCc1cc(Cl)ccc1Br. The lowest BCUT2D eigenvalue weighted by atomic mass is 10.1. The molecule has 4 heteroatoms. The van der Waals surface area contributed by atoms with Crippen LogP contribution in [-0.4, -0.2) is 5.24 Å². The van der Waals surface area contributed by atoms with Gasteiger partial charge < -0.3 is 0 Å². The summed E-state index contributed by atoms with van der Waals surface area (Å²) in [6.07, 6.45) is 0.948. The zero-order valence-electron chi connectivity index (χ0n) is 6.69. The molecule has 70 valence electrons. The van der Waals surface area contributed by atoms with E-state index in [-0.39, 0.29) is 5.24 Å². The van der Waals surface area contributed by atoms with Gasteiger partial charge in [0.25, 0.3) is 0 Å². The summed E-state index contributed by atoms with van der Waals surface area (Å²) in [5, 5.41) is 0.340. The molecule has 0 aliphatic heterocycles. The molecule has 0 bridgehead atoms. The van der Waals surface area contributed by atoms with E-state index in [2.05, 4.69) is 15.9 Å². The van der Waals surface area contributed by atoms with Gasteiger partial charge in [-0.25, -0.2) is 0 Å². The second-order valence-corrected chi connectivity index (χ2v) is 4.30. The second-order valence-electron chi connectivity index (χ2n) is 2.59. The number of carbonyl (C=O) groups is 1. The van der Waals surface area contributed by atoms with Gasteiger partial charge in [0.15, 0.2) is 0 Å². The van der Waals surface area contributed by atoms with Crippen LogP contribution in [0.15, 0.2) is 22.7 Å². The predicted molar refractivity (Wildman–Crippen MR) is 58.3 cm³/mol. The summed E-state index contributed by atoms with van der Waals surface area (Å²) >= 11 is 14.4. The first-order valence-electron chi connectivity index (χ1n) is 3.72. The smallest absolute Gasteiger partial charge is 0.221 e. The third-order valence-corrected chi connectivity index (χ3v) is 2.80. The van der Waals surface area contributed by atoms with Crippen molar-refractivity contribution >= 4 is 44.4 Å². The molecule has 0 heterocycles. The van der Waals surface area contributed by atoms with Crippen LogP contribution in [0.5, 0.6) is 0 Å². The molecule has 0 aliphatic carbocycles. The van der Waals surface area contributed by atoms with Gasteiger partial charge >= 0.3 is 0 Å². The largest absolute Gasteiger partial charge is 0.281 e. The molecule has 0 fully saturated rings. The van der Waals surface area contributed by atoms with Gasteiger partial charge in [-0.15, -0.1) is 0 Å². The van der Waals surface area contributed by atoms with Crippen LogP contribution in [-0.2, 0) is 11.2 Å². The van der Waals surface area contributed by atoms with Crippen molar-refractivity contribution in [1.29, 1.82) is 0 Å². The first-order chi connectivity index (χ1) is 6.09. The standard InChI is InChI=1S/C9H7BrCl2O/c10-8-3-2-7(11)5-6(8)1-4-9(12)13/h2-3,5H,1,4H2. The molecule has 0 atom stereocenters. The molecule has 1 aromatic rings. The van der Waals surface area contributed by atoms with E-state index in [1.54, 1.807) is 6.07 Å². The van der Waals surface area contributed by atoms with Crippen LogP contribution in [0.4, 0.5) is 0 Å². The van der Waals surface area contributed by atoms with E-state index in [1.807, 2.05) is 12.1 Å². The van der Waals surface area contributed by atoms with Gasteiger partial charge in [-0.3, -0.25) is 4.79 Å². The van der Waals surface area contributed by atoms with Crippen molar-refractivity contribution in [3.05, 3.63) is 33.3 Å². The molecule has 0 amide bonds. The molecule has 0 aliphatic rings. The molecule has 1 nitrogen and oxygen atoms in total. The highest BCUT2D eigenvalue weighted by Crippen LogP contribution is 2.22. The quantitative estimate of drug-likeness (QED) is 0.770. The normalized spacial score (nSPS) is 10.1. The first-order valence-corrected chi connectivity index (χ1v) is 5.27. The maximum atomic E-state index is 10.5. The molecule has 0 saturated carbocycles. The van der Waals surface area contributed by atoms with Crippen LogP contribution >= 0.6 is 39.1 Å². The minimum absolute atomic E-state index is 0.327. The second kappa shape index (κ2) is 4.99. The highest BCUT2D eigenvalue weighted by Gasteiger charge is 2.03. The zero-order chi connectivity index (χ0) is 9.84. The molecule has 0 saturated heterocycles. The lowest BCUT2D eigenvalue weighted by Gasteiger charge is -2.02. The molecule has 0 unspecified atom stereocenters. The minimum Gasteiger partial charge on any atom is -0.281 e. The van der Waals surface area contributed by atoms with Gasteiger partial charge in [0.1, 0.15) is 0 Å². The van der Waals surface area contributed by atoms with Crippen molar-refractivity contribution in [3.8, 4) is 0 Å². The Balaban J connectivity index is 2.75. The van der Waals surface area contributed by atoms with Gasteiger partial charge in [-0.1, -0.05) is 27.5 Å². The molecule has 13 heavy (non-hydrogen) atoms. The first kappa shape index (κ1) is 11.0. The van der Waals surface area contributed by atoms with Crippen LogP contribution in [0.1, 0.15) is 12.0 Å². The van der Waals surface area contributed by atoms with Crippen molar-refractivity contribution in [2.24, 2.45) is 0 Å². The maximum absolute atomic E-state index is 10.5. The number of halogens is 3. The van der Waals surface area contributed by atoms with Crippen molar-refractivity contribution < 1.29 is 4.79 Å². The van der Waals surface area contributed by atoms with Gasteiger partial charge in [0, 0.05) is 15.9 Å². The highest BCUT2D eigenvalue weighted by atomic mass is 79.9. The third kappa shape index (κ3) is 3.67. The van der Waals surface area contributed by atoms with Gasteiger partial charge in [-0.05, 0) is 41.8 Å². The van der Waals surface area contributed by atoms with Crippen molar-refractivity contribution in [2.75, 3.05) is 0 Å². The maximum Gasteiger partial charge on any atom is 0.221 e. The Morgan fingerprint density at radius 1 is 1.46 bits per heavy atom. The summed E-state index contributed by atoms with van der Waals surface area (Å²) in [5.41, 5.74) is 1.00. The Hall–Kier alpha value is -0.0500. The topological polar surface area (TPSA) is 17.1 Å². The Bertz CT molecular complexity index is 325. The summed E-state index contributed by atoms with van der Waals surface area (Å²) in [5.74, 6) is 0. The lowest BCUT2D eigenvalue weighted by Crippen LogP contribution is -1.92. The molecular weight excluding hydrogens is 275 g/mol. The number of carbonyl (C=O) groups excluding carboxylic acids is 1. The van der Waals surface area contributed by atoms with E-state index in [4.69, 9.17) is 23.2 Å². The number of rotatable bonds is 3.